The number of aliphatic imine (C=N–C) groups is 1. The molecule has 2 aliphatic rings. The minimum absolute atomic E-state index is 0.300. The van der Waals surface area contributed by atoms with E-state index in [-0.39, 0.29) is 0 Å². The van der Waals surface area contributed by atoms with E-state index in [1.165, 1.54) is 16.2 Å². The molecule has 0 aromatic heterocycles. The molecule has 1 atom stereocenters. The number of hydrogen-bond donors (Lipinski definition) is 0. The van der Waals surface area contributed by atoms with Gasteiger partial charge in [0.05, 0.1) is 11.0 Å². The van der Waals surface area contributed by atoms with Crippen LogP contribution in [0.4, 0.5) is 0 Å². The predicted molar refractivity (Wildman–Crippen MR) is 72.1 cm³/mol. The summed E-state index contributed by atoms with van der Waals surface area (Å²) in [5.41, 5.74) is 3.81. The highest BCUT2D eigenvalue weighted by molar-refractivity contribution is 8.14. The first-order chi connectivity index (χ1) is 7.86. The van der Waals surface area contributed by atoms with Crippen molar-refractivity contribution in [3.8, 4) is 0 Å². The average Bonchev–Trinajstić information content (AvgIpc) is 2.82. The smallest absolute Gasteiger partial charge is 0.0796 e. The van der Waals surface area contributed by atoms with Gasteiger partial charge in [0.25, 0.3) is 0 Å². The molecule has 0 saturated carbocycles. The molecule has 0 fully saturated rings. The molecule has 0 amide bonds. The van der Waals surface area contributed by atoms with Crippen LogP contribution >= 0.6 is 11.8 Å². The van der Waals surface area contributed by atoms with Gasteiger partial charge in [0.1, 0.15) is 0 Å². The maximum Gasteiger partial charge on any atom is 0.0796 e. The van der Waals surface area contributed by atoms with Crippen LogP contribution < -0.4 is 0 Å². The van der Waals surface area contributed by atoms with Gasteiger partial charge < -0.3 is 0 Å². The van der Waals surface area contributed by atoms with E-state index in [9.17, 15) is 0 Å². The normalized spacial score (nSPS) is 23.1. The maximum absolute atomic E-state index is 4.59. The van der Waals surface area contributed by atoms with Crippen molar-refractivity contribution in [1.29, 1.82) is 0 Å². The topological polar surface area (TPSA) is 12.4 Å². The second-order valence-corrected chi connectivity index (χ2v) is 5.15. The molecule has 80 valence electrons. The lowest BCUT2D eigenvalue weighted by atomic mass is 9.85. The van der Waals surface area contributed by atoms with Crippen molar-refractivity contribution in [3.63, 3.8) is 0 Å². The summed E-state index contributed by atoms with van der Waals surface area (Å²) in [5.74, 6) is 1.42. The Morgan fingerprint density at radius 1 is 1.25 bits per heavy atom. The molecule has 1 aliphatic heterocycles. The third-order valence-corrected chi connectivity index (χ3v) is 4.06. The lowest BCUT2D eigenvalue weighted by Crippen LogP contribution is -2.13. The minimum Gasteiger partial charge on any atom is -0.281 e. The highest BCUT2D eigenvalue weighted by Gasteiger charge is 2.26. The zero-order chi connectivity index (χ0) is 11.0. The predicted octanol–water partition coefficient (Wildman–Crippen LogP) is 3.50. The van der Waals surface area contributed by atoms with E-state index in [0.29, 0.717) is 5.92 Å². The Balaban J connectivity index is 2.10. The molecule has 3 rings (SSSR count). The Morgan fingerprint density at radius 2 is 2.12 bits per heavy atom. The van der Waals surface area contributed by atoms with Crippen LogP contribution in [-0.4, -0.2) is 17.3 Å². The summed E-state index contributed by atoms with van der Waals surface area (Å²) in [4.78, 5) is 4.59. The van der Waals surface area contributed by atoms with Crippen molar-refractivity contribution in [2.24, 2.45) is 4.99 Å². The van der Waals surface area contributed by atoms with Crippen LogP contribution in [0.25, 0.3) is 6.08 Å². The number of nitrogens with zero attached hydrogens (tertiary/aromatic N) is 1. The van der Waals surface area contributed by atoms with Gasteiger partial charge in [0.15, 0.2) is 0 Å². The summed E-state index contributed by atoms with van der Waals surface area (Å²) < 4.78 is 0. The summed E-state index contributed by atoms with van der Waals surface area (Å²) in [6, 6.07) is 8.53. The van der Waals surface area contributed by atoms with Crippen molar-refractivity contribution in [1.82, 2.24) is 0 Å². The molecule has 2 heteroatoms. The molecule has 1 unspecified atom stereocenters. The van der Waals surface area contributed by atoms with E-state index in [2.05, 4.69) is 48.0 Å². The monoisotopic (exact) mass is 227 g/mol. The molecule has 0 bridgehead atoms. The summed E-state index contributed by atoms with van der Waals surface area (Å²) in [6.45, 7) is 5.11. The quantitative estimate of drug-likeness (QED) is 0.715. The van der Waals surface area contributed by atoms with Gasteiger partial charge in [-0.25, -0.2) is 0 Å². The van der Waals surface area contributed by atoms with Crippen LogP contribution in [0.15, 0.2) is 47.5 Å². The van der Waals surface area contributed by atoms with E-state index in [1.54, 1.807) is 0 Å². The van der Waals surface area contributed by atoms with Crippen molar-refractivity contribution < 1.29 is 0 Å². The standard InChI is InChI=1S/C14H13NS/c1-10-6-7-11-4-2-3-5-12(11)13(10)14-15-8-9-16-14/h2-7,13H,1,8-9H2. The van der Waals surface area contributed by atoms with Gasteiger partial charge in [-0.15, -0.1) is 11.8 Å². The zero-order valence-corrected chi connectivity index (χ0v) is 9.83. The Hall–Kier alpha value is -1.28. The van der Waals surface area contributed by atoms with Gasteiger partial charge in [-0.2, -0.15) is 0 Å². The Labute approximate surface area is 100.0 Å². The van der Waals surface area contributed by atoms with Crippen LogP contribution in [0.5, 0.6) is 0 Å². The van der Waals surface area contributed by atoms with Gasteiger partial charge in [-0.1, -0.05) is 43.0 Å². The highest BCUT2D eigenvalue weighted by Crippen LogP contribution is 2.38. The SMILES string of the molecule is C=C1C=Cc2ccccc2C1C1=NCCS1. The molecule has 16 heavy (non-hydrogen) atoms. The maximum atomic E-state index is 4.59. The number of benzene rings is 1. The first kappa shape index (κ1) is 9.91. The fourth-order valence-electron chi connectivity index (χ4n) is 2.24. The molecule has 0 N–H and O–H groups in total. The van der Waals surface area contributed by atoms with Gasteiger partial charge >= 0.3 is 0 Å². The third-order valence-electron chi connectivity index (χ3n) is 3.01. The van der Waals surface area contributed by atoms with Gasteiger partial charge in [-0.3, -0.25) is 4.99 Å². The number of rotatable bonds is 1. The van der Waals surface area contributed by atoms with Gasteiger partial charge in [-0.05, 0) is 16.7 Å². The van der Waals surface area contributed by atoms with E-state index in [4.69, 9.17) is 0 Å². The van der Waals surface area contributed by atoms with E-state index < -0.39 is 0 Å². The summed E-state index contributed by atoms with van der Waals surface area (Å²) in [5, 5.41) is 1.24. The summed E-state index contributed by atoms with van der Waals surface area (Å²) in [7, 11) is 0. The fourth-order valence-corrected chi connectivity index (χ4v) is 3.26. The molecule has 1 nitrogen and oxygen atoms in total. The third kappa shape index (κ3) is 1.54. The van der Waals surface area contributed by atoms with Crippen LogP contribution in [-0.2, 0) is 0 Å². The Kier molecular flexibility index (Phi) is 2.44. The molecule has 0 spiro atoms. The van der Waals surface area contributed by atoms with Crippen LogP contribution in [0.1, 0.15) is 17.0 Å². The zero-order valence-electron chi connectivity index (χ0n) is 9.02. The Bertz CT molecular complexity index is 499. The van der Waals surface area contributed by atoms with Crippen molar-refractivity contribution >= 4 is 22.9 Å². The van der Waals surface area contributed by atoms with Gasteiger partial charge in [0, 0.05) is 12.3 Å². The van der Waals surface area contributed by atoms with E-state index in [0.717, 1.165) is 17.9 Å². The number of allylic oxidation sites excluding steroid dienone is 2. The average molecular weight is 227 g/mol. The highest BCUT2D eigenvalue weighted by atomic mass is 32.2. The van der Waals surface area contributed by atoms with Crippen molar-refractivity contribution in [2.45, 2.75) is 5.92 Å². The molecule has 1 aromatic carbocycles. The molecule has 1 heterocycles. The second kappa shape index (κ2) is 3.95. The molecular formula is C14H13NS. The number of hydrogen-bond acceptors (Lipinski definition) is 2. The number of thioether (sulfide) groups is 1. The first-order valence-electron chi connectivity index (χ1n) is 5.49. The molecule has 0 saturated heterocycles. The van der Waals surface area contributed by atoms with Crippen molar-refractivity contribution in [2.75, 3.05) is 12.3 Å². The van der Waals surface area contributed by atoms with Gasteiger partial charge in [0.2, 0.25) is 0 Å². The summed E-state index contributed by atoms with van der Waals surface area (Å²) >= 11 is 1.87. The van der Waals surface area contributed by atoms with E-state index in [1.807, 2.05) is 11.8 Å². The van der Waals surface area contributed by atoms with Crippen LogP contribution in [0.2, 0.25) is 0 Å². The lowest BCUT2D eigenvalue weighted by Gasteiger charge is -2.23. The first-order valence-corrected chi connectivity index (χ1v) is 6.48. The second-order valence-electron chi connectivity index (χ2n) is 4.04. The molecule has 1 aromatic rings. The molecular weight excluding hydrogens is 214 g/mol. The van der Waals surface area contributed by atoms with Crippen molar-refractivity contribution in [3.05, 3.63) is 53.6 Å². The minimum atomic E-state index is 0.300. The van der Waals surface area contributed by atoms with E-state index >= 15 is 0 Å². The molecule has 1 aliphatic carbocycles. The van der Waals surface area contributed by atoms with Crippen LogP contribution in [0.3, 0.4) is 0 Å². The Morgan fingerprint density at radius 3 is 2.94 bits per heavy atom. The summed E-state index contributed by atoms with van der Waals surface area (Å²) in [6.07, 6.45) is 4.27. The largest absolute Gasteiger partial charge is 0.281 e. The lowest BCUT2D eigenvalue weighted by molar-refractivity contribution is 1.06. The fraction of sp³-hybridized carbons (Fsp3) is 0.214. The molecule has 0 radical (unpaired) electrons. The van der Waals surface area contributed by atoms with Crippen LogP contribution in [0, 0.1) is 0 Å². The number of fused-ring (bicyclic) bond motifs is 1.